The molecule has 0 atom stereocenters. The van der Waals surface area contributed by atoms with Gasteiger partial charge in [-0.05, 0) is 36.4 Å². The number of hydrogen-bond acceptors (Lipinski definition) is 0. The third kappa shape index (κ3) is 13.6. The van der Waals surface area contributed by atoms with Gasteiger partial charge in [-0.15, -0.1) is 0 Å². The van der Waals surface area contributed by atoms with Gasteiger partial charge in [0.2, 0.25) is 0 Å². The van der Waals surface area contributed by atoms with Gasteiger partial charge < -0.3 is 0 Å². The van der Waals surface area contributed by atoms with Crippen LogP contribution in [0.3, 0.4) is 0 Å². The molecule has 0 aromatic heterocycles. The Morgan fingerprint density at radius 2 is 0.533 bits per heavy atom. The summed E-state index contributed by atoms with van der Waals surface area (Å²) >= 11 is 0. The van der Waals surface area contributed by atoms with Crippen LogP contribution in [0.15, 0.2) is 91.0 Å². The number of hydrogen-bond donors (Lipinski definition) is 0. The first-order chi connectivity index (χ1) is 14.4. The third-order valence-corrected chi connectivity index (χ3v) is 5.92. The standard InChI is InChI=1S/C18H15P.5CO.Mo/c1-4-10-16(11-5-1)19(17-12-6-2-7-13-17)18-14-8-3-9-15-18;5*1-2;/h1-15H;;;;;;/p+1. The topological polar surface area (TPSA) is 99.5 Å². The molecular weight excluding hydrogens is 483 g/mol. The van der Waals surface area contributed by atoms with Crippen molar-refractivity contribution in [1.29, 1.82) is 0 Å². The third-order valence-electron chi connectivity index (χ3n) is 3.19. The van der Waals surface area contributed by atoms with Crippen LogP contribution in [0.4, 0.5) is 0 Å². The van der Waals surface area contributed by atoms with Crippen molar-refractivity contribution in [3.8, 4) is 0 Å². The van der Waals surface area contributed by atoms with Crippen molar-refractivity contribution in [3.63, 3.8) is 0 Å². The molecule has 5 nitrogen and oxygen atoms in total. The fourth-order valence-corrected chi connectivity index (χ4v) is 4.89. The first-order valence-electron chi connectivity index (χ1n) is 7.50. The van der Waals surface area contributed by atoms with E-state index in [1.54, 1.807) is 0 Å². The van der Waals surface area contributed by atoms with E-state index in [9.17, 15) is 0 Å². The van der Waals surface area contributed by atoms with E-state index in [0.29, 0.717) is 0 Å². The van der Waals surface area contributed by atoms with Crippen LogP contribution in [-0.4, -0.2) is 0 Å². The second kappa shape index (κ2) is 28.7. The van der Waals surface area contributed by atoms with Crippen LogP contribution in [-0.2, 0) is 44.3 Å². The number of benzene rings is 3. The molecule has 30 heavy (non-hydrogen) atoms. The molecule has 0 N–H and O–H groups in total. The second-order valence-electron chi connectivity index (χ2n) is 4.47. The quantitative estimate of drug-likeness (QED) is 0.229. The zero-order valence-electron chi connectivity index (χ0n) is 15.6. The van der Waals surface area contributed by atoms with Gasteiger partial charge in [0.15, 0.2) is 0 Å². The fraction of sp³-hybridized carbons (Fsp3) is 0. The van der Waals surface area contributed by atoms with Gasteiger partial charge in [-0.2, -0.15) is 0 Å². The Morgan fingerprint density at radius 1 is 0.367 bits per heavy atom. The fourth-order valence-electron chi connectivity index (χ4n) is 2.31. The molecule has 0 amide bonds. The minimum atomic E-state index is -0.877. The summed E-state index contributed by atoms with van der Waals surface area (Å²) in [5.74, 6) is 0. The maximum absolute atomic E-state index is 7.50. The molecule has 0 aliphatic rings. The normalized spacial score (nSPS) is 7.03. The average Bonchev–Trinajstić information content (AvgIpc) is 2.88. The minimum absolute atomic E-state index is 0. The largest absolute Gasteiger partial charge is 0.102 e. The van der Waals surface area contributed by atoms with Gasteiger partial charge in [-0.3, -0.25) is 0 Å². The summed E-state index contributed by atoms with van der Waals surface area (Å²) in [5, 5.41) is 4.31. The first kappa shape index (κ1) is 34.9. The summed E-state index contributed by atoms with van der Waals surface area (Å²) in [5.41, 5.74) is 0. The van der Waals surface area contributed by atoms with E-state index in [1.807, 2.05) is 0 Å². The van der Waals surface area contributed by atoms with Crippen LogP contribution in [0.25, 0.3) is 0 Å². The van der Waals surface area contributed by atoms with Gasteiger partial charge in [-0.25, -0.2) is 0 Å². The summed E-state index contributed by atoms with van der Waals surface area (Å²) in [7, 11) is -0.877. The molecule has 0 aliphatic heterocycles. The molecule has 7 heteroatoms. The van der Waals surface area contributed by atoms with E-state index in [0.717, 1.165) is 0 Å². The van der Waals surface area contributed by atoms with Crippen LogP contribution >= 0.6 is 7.92 Å². The van der Waals surface area contributed by atoms with E-state index in [1.165, 1.54) is 15.9 Å². The van der Waals surface area contributed by atoms with Crippen molar-refractivity contribution in [3.05, 3.63) is 124 Å². The van der Waals surface area contributed by atoms with Gasteiger partial charge in [0.1, 0.15) is 15.9 Å². The Balaban J connectivity index is -0.000000271. The van der Waals surface area contributed by atoms with Crippen molar-refractivity contribution in [2.24, 2.45) is 0 Å². The van der Waals surface area contributed by atoms with E-state index < -0.39 is 7.92 Å². The predicted octanol–water partition coefficient (Wildman–Crippen LogP) is 2.99. The second-order valence-corrected chi connectivity index (χ2v) is 6.96. The summed E-state index contributed by atoms with van der Waals surface area (Å²) < 4.78 is 37.5. The van der Waals surface area contributed by atoms with Crippen molar-refractivity contribution < 1.29 is 44.3 Å². The van der Waals surface area contributed by atoms with Crippen molar-refractivity contribution >= 4 is 23.8 Å². The van der Waals surface area contributed by atoms with Crippen LogP contribution in [0.1, 0.15) is 0 Å². The van der Waals surface area contributed by atoms with Gasteiger partial charge in [-0.1, -0.05) is 54.6 Å². The molecule has 3 aromatic rings. The number of rotatable bonds is 3. The van der Waals surface area contributed by atoms with E-state index in [-0.39, 0.29) is 21.1 Å². The van der Waals surface area contributed by atoms with Crippen LogP contribution in [0.5, 0.6) is 0 Å². The molecule has 148 valence electrons. The Hall–Kier alpha value is -2.52. The van der Waals surface area contributed by atoms with Crippen LogP contribution in [0.2, 0.25) is 0 Å². The predicted molar refractivity (Wildman–Crippen MR) is 106 cm³/mol. The van der Waals surface area contributed by atoms with Crippen LogP contribution < -0.4 is 15.9 Å². The van der Waals surface area contributed by atoms with E-state index in [4.69, 9.17) is 23.3 Å². The maximum atomic E-state index is 7.50. The molecule has 0 fully saturated rings. The Bertz CT molecular complexity index is 716. The van der Waals surface area contributed by atoms with E-state index in [2.05, 4.69) is 124 Å². The monoisotopic (exact) mass is 501 g/mol. The molecule has 0 aliphatic carbocycles. The molecule has 3 rings (SSSR count). The molecular formula is C23H16MoO5P+. The first-order valence-corrected chi connectivity index (χ1v) is 9.00. The summed E-state index contributed by atoms with van der Waals surface area (Å²) in [6.07, 6.45) is 0. The Morgan fingerprint density at radius 3 is 0.700 bits per heavy atom. The SMILES string of the molecule is [C-]#[O+].[C-]#[O+].[C-]#[O+].[C-]#[O+].[C-]#[O+].[Mo].c1ccc([PH+](c2ccccc2)c2ccccc2)cc1. The maximum Gasteiger partial charge on any atom is 0.102 e. The minimum Gasteiger partial charge on any atom is -0.0620 e. The van der Waals surface area contributed by atoms with Gasteiger partial charge >= 0.3 is 56.5 Å². The summed E-state index contributed by atoms with van der Waals surface area (Å²) in [6, 6.07) is 32.5. The van der Waals surface area contributed by atoms with E-state index >= 15 is 0 Å². The molecule has 3 aromatic carbocycles. The summed E-state index contributed by atoms with van der Waals surface area (Å²) in [6.45, 7) is 22.5. The van der Waals surface area contributed by atoms with Gasteiger partial charge in [0.05, 0.1) is 7.92 Å². The molecule has 0 radical (unpaired) electrons. The van der Waals surface area contributed by atoms with Crippen molar-refractivity contribution in [2.45, 2.75) is 0 Å². The molecule has 0 spiro atoms. The zero-order chi connectivity index (χ0) is 22.9. The van der Waals surface area contributed by atoms with Crippen molar-refractivity contribution in [2.75, 3.05) is 0 Å². The molecule has 0 saturated heterocycles. The smallest absolute Gasteiger partial charge is 0.0620 e. The molecule has 0 heterocycles. The summed E-state index contributed by atoms with van der Waals surface area (Å²) in [4.78, 5) is 0. The Labute approximate surface area is 192 Å². The van der Waals surface area contributed by atoms with Crippen molar-refractivity contribution in [1.82, 2.24) is 0 Å². The molecule has 0 bridgehead atoms. The van der Waals surface area contributed by atoms with Crippen LogP contribution in [0, 0.1) is 33.3 Å². The molecule has 0 unspecified atom stereocenters. The van der Waals surface area contributed by atoms with Gasteiger partial charge in [0, 0.05) is 21.1 Å². The average molecular weight is 499 g/mol. The van der Waals surface area contributed by atoms with Gasteiger partial charge in [0.25, 0.3) is 0 Å². The molecule has 0 saturated carbocycles. The Kier molecular flexibility index (Phi) is 33.4. The zero-order valence-corrected chi connectivity index (χ0v) is 18.6.